The first-order valence-electron chi connectivity index (χ1n) is 19.5. The van der Waals surface area contributed by atoms with Crippen LogP contribution in [0.25, 0.3) is 0 Å². The summed E-state index contributed by atoms with van der Waals surface area (Å²) in [5.41, 5.74) is 0.134. The highest BCUT2D eigenvalue weighted by Gasteiger charge is 2.70. The number of carboxylic acids is 2. The highest BCUT2D eigenvalue weighted by Crippen LogP contribution is 3.05. The number of halogens is 15. The van der Waals surface area contributed by atoms with E-state index in [1.54, 1.807) is 47.4 Å². The van der Waals surface area contributed by atoms with Crippen LogP contribution in [0.2, 0.25) is 0 Å². The average molecular weight is 1030 g/mol. The van der Waals surface area contributed by atoms with Crippen molar-refractivity contribution in [2.45, 2.75) is 77.9 Å². The van der Waals surface area contributed by atoms with Crippen LogP contribution < -0.4 is 0 Å². The lowest BCUT2D eigenvalue weighted by atomic mass is 9.92. The van der Waals surface area contributed by atoms with Crippen molar-refractivity contribution in [1.82, 2.24) is 9.80 Å². The van der Waals surface area contributed by atoms with Crippen LogP contribution in [0.1, 0.15) is 60.0 Å². The van der Waals surface area contributed by atoms with Crippen LogP contribution >= 0.6 is 30.7 Å². The molecule has 0 aliphatic carbocycles. The topological polar surface area (TPSA) is 99.5 Å². The molecule has 4 aromatic rings. The molecule has 26 heteroatoms. The first kappa shape index (κ1) is 52.6. The molecule has 0 aromatic heterocycles. The second-order valence-corrected chi connectivity index (χ2v) is 23.0. The number of rotatable bonds is 15. The van der Waals surface area contributed by atoms with Gasteiger partial charge in [-0.3, -0.25) is 19.4 Å². The zero-order valence-electron chi connectivity index (χ0n) is 34.0. The molecule has 2 saturated heterocycles. The van der Waals surface area contributed by atoms with Crippen molar-refractivity contribution in [2.75, 3.05) is 26.2 Å². The van der Waals surface area contributed by atoms with Gasteiger partial charge >= 0.3 is 42.6 Å². The van der Waals surface area contributed by atoms with Gasteiger partial charge in [-0.05, 0) is 91.4 Å². The van der Waals surface area contributed by atoms with Gasteiger partial charge in [-0.25, -0.2) is 0 Å². The van der Waals surface area contributed by atoms with E-state index in [9.17, 15) is 78.1 Å². The van der Waals surface area contributed by atoms with Gasteiger partial charge in [-0.15, -0.1) is 0 Å². The van der Waals surface area contributed by atoms with Crippen molar-refractivity contribution in [3.63, 3.8) is 0 Å². The molecule has 2 aliphatic rings. The minimum Gasteiger partial charge on any atom is -0.480 e. The molecule has 4 aromatic carbocycles. The summed E-state index contributed by atoms with van der Waals surface area (Å²) in [7, 11) is -31.3. The van der Waals surface area contributed by atoms with Gasteiger partial charge in [0.2, 0.25) is 0 Å². The van der Waals surface area contributed by atoms with Gasteiger partial charge in [0.15, 0.2) is 0 Å². The summed E-state index contributed by atoms with van der Waals surface area (Å²) in [6.45, 7) is -1.30. The van der Waals surface area contributed by atoms with Crippen LogP contribution in [0.15, 0.2) is 118 Å². The summed E-state index contributed by atoms with van der Waals surface area (Å²) < 4.78 is 210. The summed E-state index contributed by atoms with van der Waals surface area (Å²) >= 11 is 0. The Bertz CT molecular complexity index is 2360. The Kier molecular flexibility index (Phi) is 13.1. The normalized spacial score (nSPS) is 23.3. The molecule has 6 rings (SSSR count). The summed E-state index contributed by atoms with van der Waals surface area (Å²) in [6, 6.07) is 17.0. The van der Waals surface area contributed by atoms with E-state index in [2.05, 4.69) is 0 Å². The Balaban J connectivity index is 0.000000251. The van der Waals surface area contributed by atoms with E-state index >= 15 is 0 Å². The molecular weight excluding hydrogens is 986 g/mol. The van der Waals surface area contributed by atoms with E-state index in [1.165, 1.54) is 11.0 Å². The number of benzene rings is 4. The quantitative estimate of drug-likeness (QED) is 0.114. The fourth-order valence-corrected chi connectivity index (χ4v) is 9.93. The summed E-state index contributed by atoms with van der Waals surface area (Å²) in [5.74, 6) is -2.21. The second kappa shape index (κ2) is 16.4. The molecule has 8 nitrogen and oxygen atoms in total. The predicted molar refractivity (Wildman–Crippen MR) is 219 cm³/mol. The number of aliphatic carboxylic acids is 2. The van der Waals surface area contributed by atoms with Crippen molar-refractivity contribution in [3.8, 4) is 0 Å². The third-order valence-electron chi connectivity index (χ3n) is 10.4. The SMILES string of the molecule is O=C(O)CN1CCC[C@H](OCc2cc(S(F)(F)(F)(F)F)cc(S(F)(F)(F)(F)F)c2)[C@@H]1c1ccccc1.O=C(O)CN1CCC[C@H](OCc2cccc(S(F)(F)(F)(F)F)c2)[C@@H]1c1ccccc1. The molecule has 372 valence electrons. The van der Waals surface area contributed by atoms with Crippen LogP contribution in [-0.4, -0.2) is 70.3 Å². The Labute approximate surface area is 368 Å². The molecule has 0 bridgehead atoms. The molecule has 66 heavy (non-hydrogen) atoms. The van der Waals surface area contributed by atoms with Crippen LogP contribution in [0, 0.1) is 0 Å². The monoisotopic (exact) mass is 1030 g/mol. The Morgan fingerprint density at radius 2 is 0.848 bits per heavy atom. The van der Waals surface area contributed by atoms with E-state index < -0.39 is 106 Å². The summed E-state index contributed by atoms with van der Waals surface area (Å²) in [6.07, 6.45) is 0.245. The first-order chi connectivity index (χ1) is 29.8. The summed E-state index contributed by atoms with van der Waals surface area (Å²) in [4.78, 5) is 17.6. The molecule has 2 aliphatic heterocycles. The van der Waals surface area contributed by atoms with Gasteiger partial charge in [0.1, 0.15) is 14.7 Å². The number of carboxylic acid groups (broad SMARTS) is 2. The lowest BCUT2D eigenvalue weighted by Crippen LogP contribution is -2.45. The maximum atomic E-state index is 13.3. The minimum absolute atomic E-state index is 0.0251. The van der Waals surface area contributed by atoms with Gasteiger partial charge in [0, 0.05) is 0 Å². The molecule has 0 radical (unpaired) electrons. The van der Waals surface area contributed by atoms with Gasteiger partial charge in [-0.2, -0.15) is 0 Å². The molecule has 4 atom stereocenters. The van der Waals surface area contributed by atoms with Crippen LogP contribution in [-0.2, 0) is 32.3 Å². The van der Waals surface area contributed by atoms with Crippen molar-refractivity contribution in [3.05, 3.63) is 125 Å². The molecule has 2 heterocycles. The fourth-order valence-electron chi connectivity index (χ4n) is 7.70. The lowest BCUT2D eigenvalue weighted by Gasteiger charge is -2.44. The van der Waals surface area contributed by atoms with E-state index in [-0.39, 0.29) is 43.8 Å². The van der Waals surface area contributed by atoms with Crippen molar-refractivity contribution in [2.24, 2.45) is 0 Å². The van der Waals surface area contributed by atoms with Gasteiger partial charge < -0.3 is 19.7 Å². The number of likely N-dealkylation sites (tertiary alicyclic amines) is 2. The number of hydrogen-bond donors (Lipinski definition) is 2. The fraction of sp³-hybridized carbons (Fsp3) is 0.350. The average Bonchev–Trinajstić information content (AvgIpc) is 3.17. The van der Waals surface area contributed by atoms with Crippen LogP contribution in [0.4, 0.5) is 58.3 Å². The van der Waals surface area contributed by atoms with Crippen molar-refractivity contribution in [1.29, 1.82) is 0 Å². The third kappa shape index (κ3) is 14.8. The van der Waals surface area contributed by atoms with E-state index in [4.69, 9.17) is 9.47 Å². The predicted octanol–water partition coefficient (Wildman–Crippen LogP) is 15.0. The maximum Gasteiger partial charge on any atom is 0.317 e. The highest BCUT2D eigenvalue weighted by molar-refractivity contribution is 8.46. The van der Waals surface area contributed by atoms with Crippen LogP contribution in [0.3, 0.4) is 0 Å². The zero-order chi connectivity index (χ0) is 49.4. The van der Waals surface area contributed by atoms with Crippen molar-refractivity contribution >= 4 is 42.6 Å². The van der Waals surface area contributed by atoms with E-state index in [0.717, 1.165) is 11.6 Å². The number of hydrogen-bond acceptors (Lipinski definition) is 6. The highest BCUT2D eigenvalue weighted by atomic mass is 32.5. The summed E-state index contributed by atoms with van der Waals surface area (Å²) in [5, 5.41) is 18.4. The van der Waals surface area contributed by atoms with Crippen LogP contribution in [0.5, 0.6) is 0 Å². The Hall–Kier alpha value is -4.34. The minimum atomic E-state index is -10.8. The lowest BCUT2D eigenvalue weighted by molar-refractivity contribution is -0.142. The molecule has 2 fully saturated rings. The standard InChI is InChI=1S/C20H21F10NO3S2.C20H22F5NO3S/c21-35(22,23,24,25)16-9-14(10-17(11-16)36(26,27,28,29)30)13-34-18-7-4-8-31(12-19(32)33)20(18)15-5-2-1-3-6-15;21-30(22,23,24,25)17-9-4-6-15(12-17)14-29-18-10-5-11-26(13-19(27)28)20(18)16-7-2-1-3-8-16/h1-3,5-6,9-11,18,20H,4,7-8,12-13H2,(H,32,33);1-4,6-9,12,18,20H,5,10-11,13-14H2,(H,27,28)/t2*18-,20-/m00/s1. The zero-order valence-corrected chi connectivity index (χ0v) is 36.5. The Morgan fingerprint density at radius 3 is 1.21 bits per heavy atom. The maximum absolute atomic E-state index is 13.3. The molecule has 0 spiro atoms. The van der Waals surface area contributed by atoms with Gasteiger partial charge in [0.05, 0.1) is 50.6 Å². The molecule has 0 amide bonds. The Morgan fingerprint density at radius 1 is 0.485 bits per heavy atom. The second-order valence-electron chi connectivity index (χ2n) is 15.8. The molecular formula is C40H43F15N2O6S3. The first-order valence-corrected chi connectivity index (χ1v) is 25.3. The van der Waals surface area contributed by atoms with Crippen molar-refractivity contribution < 1.29 is 87.6 Å². The number of nitrogens with zero attached hydrogens (tertiary/aromatic N) is 2. The largest absolute Gasteiger partial charge is 0.480 e. The number of carbonyl (C=O) groups is 2. The van der Waals surface area contributed by atoms with E-state index in [0.29, 0.717) is 43.5 Å². The molecule has 0 saturated carbocycles. The van der Waals surface area contributed by atoms with Gasteiger partial charge in [-0.1, -0.05) is 131 Å². The molecule has 2 N–H and O–H groups in total. The number of piperidine rings is 2. The third-order valence-corrected chi connectivity index (χ3v) is 13.8. The number of ether oxygens (including phenoxy) is 2. The van der Waals surface area contributed by atoms with Gasteiger partial charge in [0.25, 0.3) is 0 Å². The molecule has 0 unspecified atom stereocenters. The van der Waals surface area contributed by atoms with E-state index in [1.807, 2.05) is 18.2 Å². The smallest absolute Gasteiger partial charge is 0.317 e.